The highest BCUT2D eigenvalue weighted by Crippen LogP contribution is 2.28. The molecule has 2 rings (SSSR count). The van der Waals surface area contributed by atoms with Gasteiger partial charge in [-0.25, -0.2) is 5.43 Å². The number of nitrogens with one attached hydrogen (secondary N) is 1. The van der Waals surface area contributed by atoms with Crippen LogP contribution in [0.2, 0.25) is 0 Å². The van der Waals surface area contributed by atoms with Crippen molar-refractivity contribution in [2.75, 3.05) is 6.61 Å². The first-order valence-electron chi connectivity index (χ1n) is 6.44. The Labute approximate surface area is 177 Å². The topological polar surface area (TPSA) is 70.9 Å². The van der Waals surface area contributed by atoms with Crippen LogP contribution in [0.1, 0.15) is 5.56 Å². The van der Waals surface area contributed by atoms with Crippen LogP contribution in [-0.4, -0.2) is 23.8 Å². The van der Waals surface area contributed by atoms with E-state index in [-0.39, 0.29) is 12.4 Å². The van der Waals surface area contributed by atoms with Gasteiger partial charge in [0.05, 0.1) is 14.3 Å². The highest BCUT2D eigenvalue weighted by molar-refractivity contribution is 14.1. The maximum atomic E-state index is 11.8. The average molecular weight is 633 g/mol. The molecule has 0 heterocycles. The number of ether oxygens (including phenoxy) is 1. The van der Waals surface area contributed by atoms with Crippen LogP contribution >= 0.6 is 70.4 Å². The van der Waals surface area contributed by atoms with E-state index in [1.54, 1.807) is 18.2 Å². The zero-order chi connectivity index (χ0) is 17.7. The maximum Gasteiger partial charge on any atom is 0.277 e. The van der Waals surface area contributed by atoms with E-state index in [2.05, 4.69) is 58.3 Å². The van der Waals surface area contributed by atoms with Crippen molar-refractivity contribution in [3.63, 3.8) is 0 Å². The summed E-state index contributed by atoms with van der Waals surface area (Å²) in [6.45, 7) is -0.181. The second-order valence-corrected chi connectivity index (χ2v) is 8.33. The molecule has 0 aliphatic heterocycles. The third-order valence-corrected chi connectivity index (χ3v) is 5.10. The first-order valence-corrected chi connectivity index (χ1v) is 9.90. The SMILES string of the molecule is O=C(COc1ccc(Br)cc1Br)N/N=C/c1cc(Br)cc(I)c1O. The maximum absolute atomic E-state index is 11.8. The number of aromatic hydroxyl groups is 1. The normalized spacial score (nSPS) is 10.8. The van der Waals surface area contributed by atoms with Crippen LogP contribution in [0, 0.1) is 3.57 Å². The van der Waals surface area contributed by atoms with Crippen molar-refractivity contribution in [2.45, 2.75) is 0 Å². The van der Waals surface area contributed by atoms with Crippen molar-refractivity contribution in [1.82, 2.24) is 5.43 Å². The lowest BCUT2D eigenvalue weighted by atomic mass is 10.2. The van der Waals surface area contributed by atoms with Gasteiger partial charge in [-0.1, -0.05) is 31.9 Å². The summed E-state index contributed by atoms with van der Waals surface area (Å²) in [5, 5.41) is 13.8. The van der Waals surface area contributed by atoms with E-state index in [0.717, 1.165) is 13.4 Å². The molecule has 2 N–H and O–H groups in total. The number of halogens is 4. The predicted molar refractivity (Wildman–Crippen MR) is 112 cm³/mol. The summed E-state index contributed by atoms with van der Waals surface area (Å²) in [4.78, 5) is 11.8. The highest BCUT2D eigenvalue weighted by atomic mass is 127. The molecule has 0 spiro atoms. The summed E-state index contributed by atoms with van der Waals surface area (Å²) in [6.07, 6.45) is 1.37. The van der Waals surface area contributed by atoms with Gasteiger partial charge < -0.3 is 9.84 Å². The van der Waals surface area contributed by atoms with Gasteiger partial charge >= 0.3 is 0 Å². The molecular weight excluding hydrogens is 623 g/mol. The number of rotatable bonds is 5. The van der Waals surface area contributed by atoms with E-state index in [1.165, 1.54) is 6.21 Å². The van der Waals surface area contributed by atoms with Gasteiger partial charge in [0, 0.05) is 14.5 Å². The lowest BCUT2D eigenvalue weighted by molar-refractivity contribution is -0.123. The van der Waals surface area contributed by atoms with Crippen LogP contribution < -0.4 is 10.2 Å². The molecule has 0 unspecified atom stereocenters. The second-order valence-electron chi connectivity index (χ2n) is 4.48. The van der Waals surface area contributed by atoms with Crippen LogP contribution in [0.3, 0.4) is 0 Å². The van der Waals surface area contributed by atoms with E-state index >= 15 is 0 Å². The molecular formula is C15H10Br3IN2O3. The molecule has 0 fully saturated rings. The number of phenols is 1. The van der Waals surface area contributed by atoms with E-state index in [1.807, 2.05) is 34.7 Å². The van der Waals surface area contributed by atoms with Crippen LogP contribution in [0.5, 0.6) is 11.5 Å². The standard InChI is InChI=1S/C15H10Br3IN2O3/c16-9-1-2-13(11(18)4-9)24-7-14(22)21-20-6-8-3-10(17)5-12(19)15(8)23/h1-6,23H,7H2,(H,21,22)/b20-6+. The molecule has 24 heavy (non-hydrogen) atoms. The van der Waals surface area contributed by atoms with Gasteiger partial charge in [-0.2, -0.15) is 5.10 Å². The Morgan fingerprint density at radius 3 is 2.71 bits per heavy atom. The van der Waals surface area contributed by atoms with E-state index in [9.17, 15) is 9.90 Å². The quantitative estimate of drug-likeness (QED) is 0.283. The summed E-state index contributed by atoms with van der Waals surface area (Å²) in [5.41, 5.74) is 2.84. The Morgan fingerprint density at radius 1 is 1.25 bits per heavy atom. The van der Waals surface area contributed by atoms with Gasteiger partial charge in [-0.3, -0.25) is 4.79 Å². The molecule has 126 valence electrons. The zero-order valence-corrected chi connectivity index (χ0v) is 18.8. The van der Waals surface area contributed by atoms with Gasteiger partial charge in [-0.05, 0) is 68.9 Å². The molecule has 2 aromatic rings. The number of amides is 1. The minimum Gasteiger partial charge on any atom is -0.506 e. The minimum absolute atomic E-state index is 0.104. The number of phenolic OH excluding ortho intramolecular Hbond substituents is 1. The number of benzene rings is 2. The van der Waals surface area contributed by atoms with E-state index < -0.39 is 5.91 Å². The molecule has 5 nitrogen and oxygen atoms in total. The van der Waals surface area contributed by atoms with Crippen molar-refractivity contribution >= 4 is 82.5 Å². The Morgan fingerprint density at radius 2 is 2.00 bits per heavy atom. The third kappa shape index (κ3) is 5.71. The number of hydrazone groups is 1. The number of hydrogen-bond donors (Lipinski definition) is 2. The lowest BCUT2D eigenvalue weighted by Gasteiger charge is -2.07. The molecule has 0 saturated heterocycles. The summed E-state index contributed by atoms with van der Waals surface area (Å²) < 4.78 is 8.53. The lowest BCUT2D eigenvalue weighted by Crippen LogP contribution is -2.24. The predicted octanol–water partition coefficient (Wildman–Crippen LogP) is 4.81. The largest absolute Gasteiger partial charge is 0.506 e. The van der Waals surface area contributed by atoms with Crippen LogP contribution in [0.4, 0.5) is 0 Å². The molecule has 0 saturated carbocycles. The minimum atomic E-state index is -0.412. The van der Waals surface area contributed by atoms with Gasteiger partial charge in [0.2, 0.25) is 0 Å². The summed E-state index contributed by atoms with van der Waals surface area (Å²) >= 11 is 12.0. The fourth-order valence-electron chi connectivity index (χ4n) is 1.63. The smallest absolute Gasteiger partial charge is 0.277 e. The first kappa shape index (κ1) is 19.7. The third-order valence-electron chi connectivity index (χ3n) is 2.70. The van der Waals surface area contributed by atoms with E-state index in [0.29, 0.717) is 14.9 Å². The number of nitrogens with zero attached hydrogens (tertiary/aromatic N) is 1. The first-order chi connectivity index (χ1) is 11.4. The highest BCUT2D eigenvalue weighted by Gasteiger charge is 2.07. The van der Waals surface area contributed by atoms with Crippen LogP contribution in [0.25, 0.3) is 0 Å². The Hall–Kier alpha value is -0.650. The molecule has 1 amide bonds. The Kier molecular flexibility index (Phi) is 7.51. The molecule has 9 heteroatoms. The molecule has 0 aliphatic carbocycles. The summed E-state index contributed by atoms with van der Waals surface area (Å²) in [7, 11) is 0. The molecule has 0 bridgehead atoms. The molecule has 0 atom stereocenters. The molecule has 0 aromatic heterocycles. The second kappa shape index (κ2) is 9.16. The fourth-order valence-corrected chi connectivity index (χ4v) is 4.34. The van der Waals surface area contributed by atoms with Crippen molar-refractivity contribution in [3.8, 4) is 11.5 Å². The summed E-state index contributed by atoms with van der Waals surface area (Å²) in [6, 6.07) is 8.85. The zero-order valence-electron chi connectivity index (χ0n) is 11.9. The van der Waals surface area contributed by atoms with E-state index in [4.69, 9.17) is 4.74 Å². The van der Waals surface area contributed by atoms with Crippen molar-refractivity contribution in [1.29, 1.82) is 0 Å². The van der Waals surface area contributed by atoms with Crippen LogP contribution in [0.15, 0.2) is 48.9 Å². The van der Waals surface area contributed by atoms with Crippen molar-refractivity contribution in [3.05, 3.63) is 52.9 Å². The molecule has 0 aliphatic rings. The number of hydrogen-bond acceptors (Lipinski definition) is 4. The summed E-state index contributed by atoms with van der Waals surface area (Å²) in [5.74, 6) is 0.244. The van der Waals surface area contributed by atoms with Gasteiger partial charge in [0.25, 0.3) is 5.91 Å². The number of carbonyl (C=O) groups excluding carboxylic acids is 1. The Balaban J connectivity index is 1.91. The number of carbonyl (C=O) groups is 1. The molecule has 0 radical (unpaired) electrons. The van der Waals surface area contributed by atoms with Gasteiger partial charge in [0.15, 0.2) is 6.61 Å². The van der Waals surface area contributed by atoms with Crippen molar-refractivity contribution in [2.24, 2.45) is 5.10 Å². The average Bonchev–Trinajstić information content (AvgIpc) is 2.51. The van der Waals surface area contributed by atoms with Gasteiger partial charge in [-0.15, -0.1) is 0 Å². The molecule has 2 aromatic carbocycles. The van der Waals surface area contributed by atoms with Gasteiger partial charge in [0.1, 0.15) is 11.5 Å². The van der Waals surface area contributed by atoms with Crippen molar-refractivity contribution < 1.29 is 14.6 Å². The monoisotopic (exact) mass is 630 g/mol. The Bertz CT molecular complexity index is 800. The van der Waals surface area contributed by atoms with Crippen LogP contribution in [-0.2, 0) is 4.79 Å². The fraction of sp³-hybridized carbons (Fsp3) is 0.0667.